The summed E-state index contributed by atoms with van der Waals surface area (Å²) >= 11 is 0. The van der Waals surface area contributed by atoms with Gasteiger partial charge in [0, 0.05) is 24.2 Å². The Morgan fingerprint density at radius 3 is 2.64 bits per heavy atom. The van der Waals surface area contributed by atoms with Crippen LogP contribution < -0.4 is 5.32 Å². The largest absolute Gasteiger partial charge is 0.448 e. The standard InChI is InChI=1S/C18H21N3O4/c1-12-13(2)25-17(19-12)14-5-7-15(8-6-14)20-16(22)4-3-9-21-10-11-24-18(21)23/h5-8H,3-4,9-11H2,1-2H3,(H,20,22). The van der Waals surface area contributed by atoms with Crippen molar-refractivity contribution in [2.24, 2.45) is 0 Å². The fourth-order valence-corrected chi connectivity index (χ4v) is 2.58. The van der Waals surface area contributed by atoms with Crippen molar-refractivity contribution in [1.29, 1.82) is 0 Å². The van der Waals surface area contributed by atoms with E-state index in [4.69, 9.17) is 9.15 Å². The van der Waals surface area contributed by atoms with Crippen LogP contribution in [0.15, 0.2) is 28.7 Å². The van der Waals surface area contributed by atoms with Gasteiger partial charge in [-0.1, -0.05) is 0 Å². The van der Waals surface area contributed by atoms with Gasteiger partial charge in [-0.2, -0.15) is 0 Å². The van der Waals surface area contributed by atoms with Gasteiger partial charge in [0.2, 0.25) is 11.8 Å². The number of cyclic esters (lactones) is 1. The summed E-state index contributed by atoms with van der Waals surface area (Å²) < 4.78 is 10.4. The maximum Gasteiger partial charge on any atom is 0.409 e. The fourth-order valence-electron chi connectivity index (χ4n) is 2.58. The Hall–Kier alpha value is -2.83. The SMILES string of the molecule is Cc1nc(-c2ccc(NC(=O)CCCN3CCOC3=O)cc2)oc1C. The number of hydrogen-bond donors (Lipinski definition) is 1. The lowest BCUT2D eigenvalue weighted by molar-refractivity contribution is -0.116. The number of anilines is 1. The minimum atomic E-state index is -0.298. The molecule has 132 valence electrons. The van der Waals surface area contributed by atoms with E-state index in [9.17, 15) is 9.59 Å². The van der Waals surface area contributed by atoms with Gasteiger partial charge >= 0.3 is 6.09 Å². The highest BCUT2D eigenvalue weighted by Crippen LogP contribution is 2.23. The first-order valence-electron chi connectivity index (χ1n) is 8.29. The van der Waals surface area contributed by atoms with Crippen LogP contribution in [0, 0.1) is 13.8 Å². The Bertz CT molecular complexity index is 748. The number of benzene rings is 1. The third-order valence-electron chi connectivity index (χ3n) is 4.12. The van der Waals surface area contributed by atoms with Crippen LogP contribution in [-0.4, -0.2) is 41.6 Å². The molecule has 0 bridgehead atoms. The molecule has 3 rings (SSSR count). The van der Waals surface area contributed by atoms with E-state index in [1.807, 2.05) is 38.1 Å². The molecule has 0 saturated carbocycles. The Labute approximate surface area is 146 Å². The van der Waals surface area contributed by atoms with Gasteiger partial charge in [-0.25, -0.2) is 9.78 Å². The molecule has 2 heterocycles. The molecule has 0 spiro atoms. The summed E-state index contributed by atoms with van der Waals surface area (Å²) in [6.45, 7) is 5.34. The summed E-state index contributed by atoms with van der Waals surface area (Å²) in [6, 6.07) is 7.36. The molecule has 1 saturated heterocycles. The van der Waals surface area contributed by atoms with E-state index >= 15 is 0 Å². The zero-order valence-corrected chi connectivity index (χ0v) is 14.4. The van der Waals surface area contributed by atoms with Crippen LogP contribution in [-0.2, 0) is 9.53 Å². The van der Waals surface area contributed by atoms with Crippen molar-refractivity contribution >= 4 is 17.7 Å². The van der Waals surface area contributed by atoms with E-state index < -0.39 is 0 Å². The van der Waals surface area contributed by atoms with Crippen LogP contribution >= 0.6 is 0 Å². The Balaban J connectivity index is 1.49. The van der Waals surface area contributed by atoms with E-state index in [1.54, 1.807) is 4.90 Å². The molecule has 1 fully saturated rings. The molecule has 2 aromatic rings. The van der Waals surface area contributed by atoms with Crippen molar-refractivity contribution in [3.05, 3.63) is 35.7 Å². The maximum atomic E-state index is 12.0. The van der Waals surface area contributed by atoms with Gasteiger partial charge in [0.05, 0.1) is 12.2 Å². The van der Waals surface area contributed by atoms with Crippen LogP contribution in [0.25, 0.3) is 11.5 Å². The molecule has 0 unspecified atom stereocenters. The maximum absolute atomic E-state index is 12.0. The average molecular weight is 343 g/mol. The van der Waals surface area contributed by atoms with Gasteiger partial charge in [0.25, 0.3) is 0 Å². The summed E-state index contributed by atoms with van der Waals surface area (Å²) in [7, 11) is 0. The molecule has 0 atom stereocenters. The number of hydrogen-bond acceptors (Lipinski definition) is 5. The predicted molar refractivity (Wildman–Crippen MR) is 92.2 cm³/mol. The van der Waals surface area contributed by atoms with Crippen molar-refractivity contribution in [1.82, 2.24) is 9.88 Å². The second-order valence-corrected chi connectivity index (χ2v) is 5.99. The number of carbonyl (C=O) groups is 2. The molecule has 1 aliphatic heterocycles. The predicted octanol–water partition coefficient (Wildman–Crippen LogP) is 3.13. The molecule has 2 amide bonds. The molecular formula is C18H21N3O4. The quantitative estimate of drug-likeness (QED) is 0.871. The molecule has 25 heavy (non-hydrogen) atoms. The number of nitrogens with one attached hydrogen (secondary N) is 1. The highest BCUT2D eigenvalue weighted by Gasteiger charge is 2.21. The number of aromatic nitrogens is 1. The van der Waals surface area contributed by atoms with E-state index in [0.717, 1.165) is 17.0 Å². The van der Waals surface area contributed by atoms with Crippen LogP contribution in [0.5, 0.6) is 0 Å². The molecular weight excluding hydrogens is 322 g/mol. The van der Waals surface area contributed by atoms with Crippen molar-refractivity contribution in [2.75, 3.05) is 25.0 Å². The van der Waals surface area contributed by atoms with Crippen molar-refractivity contribution in [3.8, 4) is 11.5 Å². The van der Waals surface area contributed by atoms with Crippen LogP contribution in [0.1, 0.15) is 24.3 Å². The van der Waals surface area contributed by atoms with Crippen molar-refractivity contribution in [3.63, 3.8) is 0 Å². The number of carbonyl (C=O) groups excluding carboxylic acids is 2. The van der Waals surface area contributed by atoms with Gasteiger partial charge in [-0.05, 0) is 44.5 Å². The highest BCUT2D eigenvalue weighted by molar-refractivity contribution is 5.90. The Kier molecular flexibility index (Phi) is 5.02. The Morgan fingerprint density at radius 2 is 2.04 bits per heavy atom. The highest BCUT2D eigenvalue weighted by atomic mass is 16.6. The third kappa shape index (κ3) is 4.17. The molecule has 0 aliphatic carbocycles. The number of aryl methyl sites for hydroxylation is 2. The third-order valence-corrected chi connectivity index (χ3v) is 4.12. The minimum Gasteiger partial charge on any atom is -0.448 e. The summed E-state index contributed by atoms with van der Waals surface area (Å²) in [5, 5.41) is 2.85. The van der Waals surface area contributed by atoms with E-state index in [-0.39, 0.29) is 12.0 Å². The lowest BCUT2D eigenvalue weighted by Gasteiger charge is -2.12. The Morgan fingerprint density at radius 1 is 1.28 bits per heavy atom. The van der Waals surface area contributed by atoms with E-state index in [2.05, 4.69) is 10.3 Å². The molecule has 1 aliphatic rings. The topological polar surface area (TPSA) is 84.7 Å². The zero-order valence-electron chi connectivity index (χ0n) is 14.4. The molecule has 7 heteroatoms. The fraction of sp³-hybridized carbons (Fsp3) is 0.389. The van der Waals surface area contributed by atoms with Crippen LogP contribution in [0.3, 0.4) is 0 Å². The lowest BCUT2D eigenvalue weighted by atomic mass is 10.2. The van der Waals surface area contributed by atoms with Crippen LogP contribution in [0.4, 0.5) is 10.5 Å². The monoisotopic (exact) mass is 343 g/mol. The number of nitrogens with zero attached hydrogens (tertiary/aromatic N) is 2. The van der Waals surface area contributed by atoms with Gasteiger partial charge < -0.3 is 19.4 Å². The first kappa shape index (κ1) is 17.0. The van der Waals surface area contributed by atoms with Crippen molar-refractivity contribution < 1.29 is 18.7 Å². The smallest absolute Gasteiger partial charge is 0.409 e. The number of ether oxygens (including phenoxy) is 1. The first-order chi connectivity index (χ1) is 12.0. The van der Waals surface area contributed by atoms with Gasteiger partial charge in [-0.3, -0.25) is 4.79 Å². The number of amides is 2. The minimum absolute atomic E-state index is 0.0804. The number of rotatable bonds is 6. The second kappa shape index (κ2) is 7.38. The van der Waals surface area contributed by atoms with Crippen molar-refractivity contribution in [2.45, 2.75) is 26.7 Å². The van der Waals surface area contributed by atoms with Gasteiger partial charge in [0.1, 0.15) is 12.4 Å². The summed E-state index contributed by atoms with van der Waals surface area (Å²) in [6.07, 6.45) is 0.658. The molecule has 1 aromatic carbocycles. The lowest BCUT2D eigenvalue weighted by Crippen LogP contribution is -2.26. The van der Waals surface area contributed by atoms with Crippen LogP contribution in [0.2, 0.25) is 0 Å². The van der Waals surface area contributed by atoms with Gasteiger partial charge in [0.15, 0.2) is 0 Å². The first-order valence-corrected chi connectivity index (χ1v) is 8.29. The molecule has 0 radical (unpaired) electrons. The molecule has 7 nitrogen and oxygen atoms in total. The second-order valence-electron chi connectivity index (χ2n) is 5.99. The van der Waals surface area contributed by atoms with E-state index in [0.29, 0.717) is 44.1 Å². The molecule has 1 aromatic heterocycles. The normalized spacial score (nSPS) is 13.8. The summed E-state index contributed by atoms with van der Waals surface area (Å²) in [4.78, 5) is 29.3. The average Bonchev–Trinajstić information content (AvgIpc) is 3.14. The van der Waals surface area contributed by atoms with E-state index in [1.165, 1.54) is 0 Å². The molecule has 1 N–H and O–H groups in total. The van der Waals surface area contributed by atoms with Gasteiger partial charge in [-0.15, -0.1) is 0 Å². The zero-order chi connectivity index (χ0) is 17.8. The summed E-state index contributed by atoms with van der Waals surface area (Å²) in [5.41, 5.74) is 2.45. The summed E-state index contributed by atoms with van der Waals surface area (Å²) in [5.74, 6) is 1.29. The number of oxazole rings is 1.